The Hall–Kier alpha value is -0.810. The highest BCUT2D eigenvalue weighted by Crippen LogP contribution is 2.28. The number of halogens is 1. The van der Waals surface area contributed by atoms with E-state index in [0.29, 0.717) is 5.22 Å². The largest absolute Gasteiger partial charge is 0.440 e. The predicted molar refractivity (Wildman–Crippen MR) is 57.3 cm³/mol. The van der Waals surface area contributed by atoms with E-state index in [-0.39, 0.29) is 0 Å². The molecule has 3 nitrogen and oxygen atoms in total. The van der Waals surface area contributed by atoms with Crippen LogP contribution in [0.15, 0.2) is 43.9 Å². The summed E-state index contributed by atoms with van der Waals surface area (Å²) in [4.78, 5) is 8.29. The van der Waals surface area contributed by atoms with Crippen molar-refractivity contribution in [3.05, 3.63) is 34.8 Å². The zero-order chi connectivity index (χ0) is 9.97. The van der Waals surface area contributed by atoms with Gasteiger partial charge in [-0.1, -0.05) is 0 Å². The summed E-state index contributed by atoms with van der Waals surface area (Å²) in [5, 5.41) is 1.53. The smallest absolute Gasteiger partial charge is 0.261 e. The monoisotopic (exact) mass is 270 g/mol. The summed E-state index contributed by atoms with van der Waals surface area (Å²) in [6.45, 7) is 2.00. The van der Waals surface area contributed by atoms with E-state index in [1.807, 2.05) is 13.0 Å². The summed E-state index contributed by atoms with van der Waals surface area (Å²) >= 11 is 4.78. The van der Waals surface area contributed by atoms with Crippen molar-refractivity contribution in [2.24, 2.45) is 0 Å². The Labute approximate surface area is 94.1 Å². The number of nitrogens with zero attached hydrogens (tertiary/aromatic N) is 2. The Morgan fingerprint density at radius 3 is 2.93 bits per heavy atom. The first kappa shape index (κ1) is 9.73. The zero-order valence-corrected chi connectivity index (χ0v) is 9.80. The fourth-order valence-corrected chi connectivity index (χ4v) is 2.13. The molecule has 0 saturated heterocycles. The highest BCUT2D eigenvalue weighted by Gasteiger charge is 2.06. The number of hydrogen-bond donors (Lipinski definition) is 0. The van der Waals surface area contributed by atoms with Crippen LogP contribution in [-0.2, 0) is 0 Å². The molecule has 2 aromatic rings. The minimum absolute atomic E-state index is 0.614. The van der Waals surface area contributed by atoms with E-state index in [2.05, 4.69) is 25.9 Å². The molecular formula is C9H7BrN2OS. The molecule has 0 N–H and O–H groups in total. The van der Waals surface area contributed by atoms with Crippen molar-refractivity contribution in [1.82, 2.24) is 9.97 Å². The third-order valence-corrected chi connectivity index (χ3v) is 3.02. The number of hydrogen-bond acceptors (Lipinski definition) is 4. The molecule has 5 heteroatoms. The van der Waals surface area contributed by atoms with Crippen LogP contribution < -0.4 is 0 Å². The molecule has 0 bridgehead atoms. The van der Waals surface area contributed by atoms with E-state index < -0.39 is 0 Å². The first-order valence-corrected chi connectivity index (χ1v) is 5.56. The van der Waals surface area contributed by atoms with Crippen LogP contribution in [0.5, 0.6) is 0 Å². The van der Waals surface area contributed by atoms with Crippen molar-refractivity contribution >= 4 is 27.7 Å². The second-order valence-electron chi connectivity index (χ2n) is 2.68. The maximum absolute atomic E-state index is 5.12. The molecule has 2 aromatic heterocycles. The van der Waals surface area contributed by atoms with Gasteiger partial charge in [0.15, 0.2) is 0 Å². The van der Waals surface area contributed by atoms with Crippen LogP contribution >= 0.6 is 27.7 Å². The van der Waals surface area contributed by atoms with Gasteiger partial charge in [0.25, 0.3) is 5.22 Å². The highest BCUT2D eigenvalue weighted by molar-refractivity contribution is 9.10. The molecule has 0 saturated carbocycles. The van der Waals surface area contributed by atoms with E-state index in [9.17, 15) is 0 Å². The molecule has 0 aliphatic heterocycles. The Kier molecular flexibility index (Phi) is 2.88. The van der Waals surface area contributed by atoms with Gasteiger partial charge in [-0.25, -0.2) is 9.97 Å². The van der Waals surface area contributed by atoms with Crippen molar-refractivity contribution < 1.29 is 4.42 Å². The average molecular weight is 271 g/mol. The SMILES string of the molecule is Cc1cc(Br)cnc1Sc1ncco1. The van der Waals surface area contributed by atoms with Crippen molar-refractivity contribution in [3.63, 3.8) is 0 Å². The maximum Gasteiger partial charge on any atom is 0.261 e. The molecule has 0 spiro atoms. The van der Waals surface area contributed by atoms with Crippen molar-refractivity contribution in [2.45, 2.75) is 17.2 Å². The normalized spacial score (nSPS) is 10.4. The van der Waals surface area contributed by atoms with E-state index in [4.69, 9.17) is 4.42 Å². The molecule has 0 radical (unpaired) electrons. The Balaban J connectivity index is 2.25. The fourth-order valence-electron chi connectivity index (χ4n) is 0.978. The van der Waals surface area contributed by atoms with E-state index in [1.165, 1.54) is 11.8 Å². The Morgan fingerprint density at radius 2 is 2.29 bits per heavy atom. The van der Waals surface area contributed by atoms with Gasteiger partial charge in [-0.2, -0.15) is 0 Å². The summed E-state index contributed by atoms with van der Waals surface area (Å²) in [6, 6.07) is 2.01. The highest BCUT2D eigenvalue weighted by atomic mass is 79.9. The molecule has 0 fully saturated rings. The van der Waals surface area contributed by atoms with Gasteiger partial charge in [0.1, 0.15) is 11.3 Å². The average Bonchev–Trinajstić information content (AvgIpc) is 2.62. The number of pyridine rings is 1. The lowest BCUT2D eigenvalue weighted by Crippen LogP contribution is -1.85. The van der Waals surface area contributed by atoms with Gasteiger partial charge in [-0.3, -0.25) is 0 Å². The lowest BCUT2D eigenvalue weighted by molar-refractivity contribution is 0.454. The minimum atomic E-state index is 0.614. The molecule has 0 aliphatic rings. The van der Waals surface area contributed by atoms with Crippen LogP contribution in [0, 0.1) is 6.92 Å². The van der Waals surface area contributed by atoms with Crippen molar-refractivity contribution in [2.75, 3.05) is 0 Å². The molecule has 14 heavy (non-hydrogen) atoms. The molecule has 0 amide bonds. The summed E-state index contributed by atoms with van der Waals surface area (Å²) in [5.41, 5.74) is 1.10. The van der Waals surface area contributed by atoms with E-state index in [0.717, 1.165) is 15.1 Å². The van der Waals surface area contributed by atoms with Gasteiger partial charge < -0.3 is 4.42 Å². The summed E-state index contributed by atoms with van der Waals surface area (Å²) < 4.78 is 6.10. The number of rotatable bonds is 2. The number of oxazole rings is 1. The van der Waals surface area contributed by atoms with Crippen LogP contribution in [0.3, 0.4) is 0 Å². The number of aryl methyl sites for hydroxylation is 1. The minimum Gasteiger partial charge on any atom is -0.440 e. The molecule has 2 heterocycles. The maximum atomic E-state index is 5.12. The second kappa shape index (κ2) is 4.14. The standard InChI is InChI=1S/C9H7BrN2OS/c1-6-4-7(10)5-12-8(6)14-9-11-2-3-13-9/h2-5H,1H3. The van der Waals surface area contributed by atoms with Crippen LogP contribution in [0.4, 0.5) is 0 Å². The van der Waals surface area contributed by atoms with Gasteiger partial charge >= 0.3 is 0 Å². The first-order chi connectivity index (χ1) is 6.75. The van der Waals surface area contributed by atoms with Crippen LogP contribution in [0.25, 0.3) is 0 Å². The van der Waals surface area contributed by atoms with Gasteiger partial charge in [0, 0.05) is 10.7 Å². The zero-order valence-electron chi connectivity index (χ0n) is 7.40. The third-order valence-electron chi connectivity index (χ3n) is 1.59. The molecule has 0 aromatic carbocycles. The molecule has 2 rings (SSSR count). The summed E-state index contributed by atoms with van der Waals surface area (Å²) in [7, 11) is 0. The molecule has 0 unspecified atom stereocenters. The van der Waals surface area contributed by atoms with Crippen molar-refractivity contribution in [1.29, 1.82) is 0 Å². The lowest BCUT2D eigenvalue weighted by atomic mass is 10.3. The van der Waals surface area contributed by atoms with E-state index in [1.54, 1.807) is 18.7 Å². The summed E-state index contributed by atoms with van der Waals surface area (Å²) in [5.74, 6) is 0. The third kappa shape index (κ3) is 2.16. The van der Waals surface area contributed by atoms with Gasteiger partial charge in [0.2, 0.25) is 0 Å². The quantitative estimate of drug-likeness (QED) is 0.840. The van der Waals surface area contributed by atoms with Crippen molar-refractivity contribution in [3.8, 4) is 0 Å². The van der Waals surface area contributed by atoms with Crippen LogP contribution in [0.2, 0.25) is 0 Å². The lowest BCUT2D eigenvalue weighted by Gasteiger charge is -2.00. The molecule has 0 aliphatic carbocycles. The van der Waals surface area contributed by atoms with Gasteiger partial charge in [-0.15, -0.1) is 0 Å². The molecule has 0 atom stereocenters. The van der Waals surface area contributed by atoms with Gasteiger partial charge in [-0.05, 0) is 46.2 Å². The molecular weight excluding hydrogens is 264 g/mol. The Morgan fingerprint density at radius 1 is 1.43 bits per heavy atom. The second-order valence-corrected chi connectivity index (χ2v) is 4.53. The topological polar surface area (TPSA) is 38.9 Å². The van der Waals surface area contributed by atoms with Crippen LogP contribution in [0.1, 0.15) is 5.56 Å². The van der Waals surface area contributed by atoms with Crippen LogP contribution in [-0.4, -0.2) is 9.97 Å². The van der Waals surface area contributed by atoms with E-state index >= 15 is 0 Å². The molecule has 72 valence electrons. The number of aromatic nitrogens is 2. The first-order valence-electron chi connectivity index (χ1n) is 3.95. The Bertz CT molecular complexity index is 430. The predicted octanol–water partition coefficient (Wildman–Crippen LogP) is 3.29. The summed E-state index contributed by atoms with van der Waals surface area (Å²) in [6.07, 6.45) is 4.94. The van der Waals surface area contributed by atoms with Gasteiger partial charge in [0.05, 0.1) is 6.20 Å². The fraction of sp³-hybridized carbons (Fsp3) is 0.111.